The van der Waals surface area contributed by atoms with Gasteiger partial charge in [0.1, 0.15) is 0 Å². The fourth-order valence-electron chi connectivity index (χ4n) is 2.64. The van der Waals surface area contributed by atoms with Crippen molar-refractivity contribution in [1.82, 2.24) is 14.9 Å². The van der Waals surface area contributed by atoms with Crippen LogP contribution < -0.4 is 5.32 Å². The van der Waals surface area contributed by atoms with Gasteiger partial charge in [-0.05, 0) is 30.7 Å². The van der Waals surface area contributed by atoms with Crippen LogP contribution in [0.2, 0.25) is 0 Å². The van der Waals surface area contributed by atoms with Crippen LogP contribution in [0.25, 0.3) is 5.69 Å². The smallest absolute Gasteiger partial charge is 0.251 e. The first kappa shape index (κ1) is 16.9. The van der Waals surface area contributed by atoms with Crippen molar-refractivity contribution in [3.05, 3.63) is 84.4 Å². The molecule has 2 unspecified atom stereocenters. The molecule has 3 aromatic rings. The minimum atomic E-state index is -0.650. The SMILES string of the molecule is CC(NC(=O)c1cccc(-n2ccnc2)c1)C(O)Cc1ccccc1. The Balaban J connectivity index is 1.64. The average molecular weight is 335 g/mol. The number of hydrogen-bond acceptors (Lipinski definition) is 3. The summed E-state index contributed by atoms with van der Waals surface area (Å²) in [6, 6.07) is 16.7. The Morgan fingerprint density at radius 1 is 1.20 bits per heavy atom. The maximum atomic E-state index is 12.5. The van der Waals surface area contributed by atoms with Crippen molar-refractivity contribution in [2.75, 3.05) is 0 Å². The zero-order valence-corrected chi connectivity index (χ0v) is 14.0. The van der Waals surface area contributed by atoms with Gasteiger partial charge in [-0.15, -0.1) is 0 Å². The summed E-state index contributed by atoms with van der Waals surface area (Å²) >= 11 is 0. The Labute approximate surface area is 147 Å². The lowest BCUT2D eigenvalue weighted by molar-refractivity contribution is 0.0852. The molecule has 25 heavy (non-hydrogen) atoms. The molecular weight excluding hydrogens is 314 g/mol. The molecule has 5 nitrogen and oxygen atoms in total. The Morgan fingerprint density at radius 3 is 2.72 bits per heavy atom. The van der Waals surface area contributed by atoms with Gasteiger partial charge >= 0.3 is 0 Å². The monoisotopic (exact) mass is 335 g/mol. The quantitative estimate of drug-likeness (QED) is 0.728. The van der Waals surface area contributed by atoms with Gasteiger partial charge in [0.25, 0.3) is 5.91 Å². The minimum absolute atomic E-state index is 0.207. The number of aromatic nitrogens is 2. The van der Waals surface area contributed by atoms with Gasteiger partial charge in [0.15, 0.2) is 0 Å². The Hall–Kier alpha value is -2.92. The van der Waals surface area contributed by atoms with Gasteiger partial charge in [0.05, 0.1) is 18.5 Å². The van der Waals surface area contributed by atoms with E-state index in [0.29, 0.717) is 12.0 Å². The fraction of sp³-hybridized carbons (Fsp3) is 0.200. The lowest BCUT2D eigenvalue weighted by Gasteiger charge is -2.20. The van der Waals surface area contributed by atoms with Crippen LogP contribution in [-0.2, 0) is 6.42 Å². The van der Waals surface area contributed by atoms with E-state index in [9.17, 15) is 9.90 Å². The number of aliphatic hydroxyl groups is 1. The van der Waals surface area contributed by atoms with Crippen molar-refractivity contribution in [1.29, 1.82) is 0 Å². The summed E-state index contributed by atoms with van der Waals surface area (Å²) in [6.45, 7) is 1.81. The standard InChI is InChI=1S/C20H21N3O2/c1-15(19(24)12-16-6-3-2-4-7-16)22-20(25)17-8-5-9-18(13-17)23-11-10-21-14-23/h2-11,13-15,19,24H,12H2,1H3,(H,22,25). The summed E-state index contributed by atoms with van der Waals surface area (Å²) in [5.41, 5.74) is 2.45. The molecule has 0 aliphatic heterocycles. The van der Waals surface area contributed by atoms with E-state index in [0.717, 1.165) is 11.3 Å². The zero-order valence-electron chi connectivity index (χ0n) is 14.0. The summed E-state index contributed by atoms with van der Waals surface area (Å²) < 4.78 is 1.84. The topological polar surface area (TPSA) is 67.2 Å². The Morgan fingerprint density at radius 2 is 2.00 bits per heavy atom. The summed E-state index contributed by atoms with van der Waals surface area (Å²) in [5.74, 6) is -0.207. The van der Waals surface area contributed by atoms with Gasteiger partial charge < -0.3 is 15.0 Å². The molecule has 1 heterocycles. The van der Waals surface area contributed by atoms with Crippen LogP contribution in [-0.4, -0.2) is 32.7 Å². The second-order valence-electron chi connectivity index (χ2n) is 6.04. The van der Waals surface area contributed by atoms with Gasteiger partial charge in [0.2, 0.25) is 0 Å². The lowest BCUT2D eigenvalue weighted by Crippen LogP contribution is -2.42. The third-order valence-electron chi connectivity index (χ3n) is 4.13. The van der Waals surface area contributed by atoms with Gasteiger partial charge in [-0.3, -0.25) is 4.79 Å². The Kier molecular flexibility index (Phi) is 5.26. The van der Waals surface area contributed by atoms with Crippen LogP contribution in [0.3, 0.4) is 0 Å². The molecule has 1 aromatic heterocycles. The minimum Gasteiger partial charge on any atom is -0.391 e. The number of nitrogens with one attached hydrogen (secondary N) is 1. The van der Waals surface area contributed by atoms with E-state index >= 15 is 0 Å². The molecule has 0 bridgehead atoms. The predicted octanol–water partition coefficient (Wildman–Crippen LogP) is 2.59. The Bertz CT molecular complexity index is 816. The highest BCUT2D eigenvalue weighted by Gasteiger charge is 2.18. The average Bonchev–Trinajstić information content (AvgIpc) is 3.17. The van der Waals surface area contributed by atoms with E-state index in [2.05, 4.69) is 10.3 Å². The number of carbonyl (C=O) groups is 1. The van der Waals surface area contributed by atoms with Gasteiger partial charge in [-0.25, -0.2) is 4.98 Å². The van der Waals surface area contributed by atoms with E-state index in [-0.39, 0.29) is 11.9 Å². The molecule has 2 N–H and O–H groups in total. The molecule has 2 atom stereocenters. The number of hydrogen-bond donors (Lipinski definition) is 2. The van der Waals surface area contributed by atoms with Crippen LogP contribution >= 0.6 is 0 Å². The fourth-order valence-corrected chi connectivity index (χ4v) is 2.64. The van der Waals surface area contributed by atoms with Crippen molar-refractivity contribution in [2.24, 2.45) is 0 Å². The van der Waals surface area contributed by atoms with Crippen LogP contribution in [0.1, 0.15) is 22.8 Å². The first-order valence-corrected chi connectivity index (χ1v) is 8.25. The highest BCUT2D eigenvalue weighted by Crippen LogP contribution is 2.11. The van der Waals surface area contributed by atoms with Crippen molar-refractivity contribution in [3.8, 4) is 5.69 Å². The van der Waals surface area contributed by atoms with Crippen LogP contribution in [0.15, 0.2) is 73.3 Å². The van der Waals surface area contributed by atoms with E-state index < -0.39 is 6.10 Å². The third-order valence-corrected chi connectivity index (χ3v) is 4.13. The number of aliphatic hydroxyl groups excluding tert-OH is 1. The molecule has 0 radical (unpaired) electrons. The number of rotatable bonds is 6. The summed E-state index contributed by atoms with van der Waals surface area (Å²) in [4.78, 5) is 16.5. The number of nitrogens with zero attached hydrogens (tertiary/aromatic N) is 2. The van der Waals surface area contributed by atoms with Gasteiger partial charge in [-0.1, -0.05) is 36.4 Å². The maximum Gasteiger partial charge on any atom is 0.251 e. The third kappa shape index (κ3) is 4.33. The second-order valence-corrected chi connectivity index (χ2v) is 6.04. The molecule has 2 aromatic carbocycles. The summed E-state index contributed by atoms with van der Waals surface area (Å²) in [5, 5.41) is 13.2. The highest BCUT2D eigenvalue weighted by molar-refractivity contribution is 5.94. The molecule has 128 valence electrons. The molecule has 0 aliphatic rings. The number of amides is 1. The number of carbonyl (C=O) groups excluding carboxylic acids is 1. The molecule has 0 fully saturated rings. The zero-order chi connectivity index (χ0) is 17.6. The van der Waals surface area contributed by atoms with Crippen molar-refractivity contribution < 1.29 is 9.90 Å². The van der Waals surface area contributed by atoms with Crippen LogP contribution in [0, 0.1) is 0 Å². The van der Waals surface area contributed by atoms with E-state index in [1.165, 1.54) is 0 Å². The highest BCUT2D eigenvalue weighted by atomic mass is 16.3. The van der Waals surface area contributed by atoms with Crippen LogP contribution in [0.5, 0.6) is 0 Å². The van der Waals surface area contributed by atoms with Crippen molar-refractivity contribution in [3.63, 3.8) is 0 Å². The molecule has 5 heteroatoms. The summed E-state index contributed by atoms with van der Waals surface area (Å²) in [7, 11) is 0. The molecular formula is C20H21N3O2. The predicted molar refractivity (Wildman–Crippen MR) is 96.6 cm³/mol. The maximum absolute atomic E-state index is 12.5. The van der Waals surface area contributed by atoms with Gasteiger partial charge in [0, 0.05) is 30.1 Å². The number of imidazole rings is 1. The second kappa shape index (κ2) is 7.77. The molecule has 0 saturated carbocycles. The molecule has 3 rings (SSSR count). The number of benzene rings is 2. The summed E-state index contributed by atoms with van der Waals surface area (Å²) in [6.07, 6.45) is 5.04. The molecule has 0 saturated heterocycles. The van der Waals surface area contributed by atoms with E-state index in [4.69, 9.17) is 0 Å². The van der Waals surface area contributed by atoms with E-state index in [1.54, 1.807) is 24.7 Å². The van der Waals surface area contributed by atoms with Crippen LogP contribution in [0.4, 0.5) is 0 Å². The van der Waals surface area contributed by atoms with E-state index in [1.807, 2.05) is 60.2 Å². The molecule has 0 aliphatic carbocycles. The molecule has 0 spiro atoms. The normalized spacial score (nSPS) is 13.2. The van der Waals surface area contributed by atoms with Crippen molar-refractivity contribution in [2.45, 2.75) is 25.5 Å². The van der Waals surface area contributed by atoms with Gasteiger partial charge in [-0.2, -0.15) is 0 Å². The largest absolute Gasteiger partial charge is 0.391 e. The first-order valence-electron chi connectivity index (χ1n) is 8.25. The van der Waals surface area contributed by atoms with Crippen molar-refractivity contribution >= 4 is 5.91 Å². The first-order chi connectivity index (χ1) is 12.1. The molecule has 1 amide bonds. The lowest BCUT2D eigenvalue weighted by atomic mass is 10.0.